The Bertz CT molecular complexity index is 1350. The second-order valence-electron chi connectivity index (χ2n) is 7.72. The molecular formula is C27H22BrNO4. The van der Waals surface area contributed by atoms with Gasteiger partial charge < -0.3 is 9.47 Å². The molecule has 0 saturated heterocycles. The third kappa shape index (κ3) is 4.81. The second kappa shape index (κ2) is 9.55. The van der Waals surface area contributed by atoms with Crippen LogP contribution in [0.15, 0.2) is 71.2 Å². The van der Waals surface area contributed by atoms with Crippen LogP contribution in [0.4, 0.5) is 0 Å². The molecule has 4 aromatic rings. The first-order chi connectivity index (χ1) is 15.9. The molecule has 0 aliphatic carbocycles. The number of methoxy groups -OCH3 is 1. The van der Waals surface area contributed by atoms with Crippen molar-refractivity contribution in [2.45, 2.75) is 13.8 Å². The van der Waals surface area contributed by atoms with Gasteiger partial charge in [0, 0.05) is 21.0 Å². The van der Waals surface area contributed by atoms with Gasteiger partial charge in [-0.25, -0.2) is 9.78 Å². The Morgan fingerprint density at radius 2 is 1.64 bits per heavy atom. The highest BCUT2D eigenvalue weighted by molar-refractivity contribution is 9.10. The largest absolute Gasteiger partial charge is 0.497 e. The van der Waals surface area contributed by atoms with Crippen LogP contribution in [-0.4, -0.2) is 30.5 Å². The van der Waals surface area contributed by atoms with Crippen LogP contribution in [-0.2, 0) is 4.74 Å². The van der Waals surface area contributed by atoms with Crippen molar-refractivity contribution in [2.24, 2.45) is 0 Å². The number of carbonyl (C=O) groups is 2. The Balaban J connectivity index is 1.69. The summed E-state index contributed by atoms with van der Waals surface area (Å²) < 4.78 is 11.4. The van der Waals surface area contributed by atoms with E-state index in [1.54, 1.807) is 31.4 Å². The molecule has 6 heteroatoms. The van der Waals surface area contributed by atoms with Crippen LogP contribution in [0.5, 0.6) is 5.75 Å². The van der Waals surface area contributed by atoms with E-state index in [2.05, 4.69) is 15.9 Å². The van der Waals surface area contributed by atoms with E-state index in [0.717, 1.165) is 15.6 Å². The highest BCUT2D eigenvalue weighted by Crippen LogP contribution is 2.32. The summed E-state index contributed by atoms with van der Waals surface area (Å²) in [4.78, 5) is 30.6. The second-order valence-corrected chi connectivity index (χ2v) is 8.63. The van der Waals surface area contributed by atoms with Gasteiger partial charge in [0.15, 0.2) is 12.4 Å². The summed E-state index contributed by atoms with van der Waals surface area (Å²) in [5.41, 5.74) is 4.98. The molecular weight excluding hydrogens is 482 g/mol. The number of hydrogen-bond donors (Lipinski definition) is 0. The molecule has 0 aliphatic rings. The standard InChI is InChI=1S/C27H22BrNO4/c1-16-4-6-19(7-5-16)26-17(2)25(22-14-20(28)10-13-23(22)29-26)27(31)33-15-24(30)18-8-11-21(32-3)12-9-18/h4-14H,15H2,1-3H3. The van der Waals surface area contributed by atoms with Crippen molar-refractivity contribution < 1.29 is 19.1 Å². The summed E-state index contributed by atoms with van der Waals surface area (Å²) in [5, 5.41) is 0.666. The van der Waals surface area contributed by atoms with E-state index < -0.39 is 5.97 Å². The molecule has 33 heavy (non-hydrogen) atoms. The average molecular weight is 504 g/mol. The van der Waals surface area contributed by atoms with Crippen molar-refractivity contribution in [3.63, 3.8) is 0 Å². The lowest BCUT2D eigenvalue weighted by Crippen LogP contribution is -2.16. The minimum atomic E-state index is -0.562. The molecule has 4 rings (SSSR count). The molecule has 0 amide bonds. The van der Waals surface area contributed by atoms with Gasteiger partial charge in [-0.3, -0.25) is 4.79 Å². The SMILES string of the molecule is COc1ccc(C(=O)COC(=O)c2c(C)c(-c3ccc(C)cc3)nc3ccc(Br)cc23)cc1. The fourth-order valence-electron chi connectivity index (χ4n) is 3.65. The van der Waals surface area contributed by atoms with Crippen molar-refractivity contribution in [1.29, 1.82) is 0 Å². The molecule has 5 nitrogen and oxygen atoms in total. The Labute approximate surface area is 200 Å². The van der Waals surface area contributed by atoms with E-state index in [-0.39, 0.29) is 12.4 Å². The zero-order valence-electron chi connectivity index (χ0n) is 18.5. The minimum absolute atomic E-state index is 0.290. The number of ether oxygens (including phenoxy) is 2. The molecule has 0 atom stereocenters. The number of fused-ring (bicyclic) bond motifs is 1. The first-order valence-electron chi connectivity index (χ1n) is 10.4. The minimum Gasteiger partial charge on any atom is -0.497 e. The van der Waals surface area contributed by atoms with Gasteiger partial charge in [0.25, 0.3) is 0 Å². The third-order valence-electron chi connectivity index (χ3n) is 5.47. The number of pyridine rings is 1. The molecule has 1 aromatic heterocycles. The molecule has 1 heterocycles. The first-order valence-corrected chi connectivity index (χ1v) is 11.2. The number of aromatic nitrogens is 1. The highest BCUT2D eigenvalue weighted by Gasteiger charge is 2.21. The number of aryl methyl sites for hydroxylation is 1. The van der Waals surface area contributed by atoms with Crippen LogP contribution >= 0.6 is 15.9 Å². The van der Waals surface area contributed by atoms with E-state index in [9.17, 15) is 9.59 Å². The van der Waals surface area contributed by atoms with Gasteiger partial charge in [0.1, 0.15) is 5.75 Å². The van der Waals surface area contributed by atoms with Crippen molar-refractivity contribution in [3.8, 4) is 17.0 Å². The Morgan fingerprint density at radius 3 is 2.30 bits per heavy atom. The molecule has 0 aliphatic heterocycles. The predicted octanol–water partition coefficient (Wildman–Crippen LogP) is 6.33. The van der Waals surface area contributed by atoms with E-state index in [1.807, 2.05) is 56.3 Å². The van der Waals surface area contributed by atoms with Crippen LogP contribution in [0, 0.1) is 13.8 Å². The lowest BCUT2D eigenvalue weighted by Gasteiger charge is -2.15. The number of ketones is 1. The van der Waals surface area contributed by atoms with Gasteiger partial charge >= 0.3 is 5.97 Å². The summed E-state index contributed by atoms with van der Waals surface area (Å²) in [6.07, 6.45) is 0. The number of halogens is 1. The fraction of sp³-hybridized carbons (Fsp3) is 0.148. The Morgan fingerprint density at radius 1 is 0.939 bits per heavy atom. The molecule has 0 bridgehead atoms. The number of Topliss-reactive ketones (excluding diaryl/α,β-unsaturated/α-hetero) is 1. The lowest BCUT2D eigenvalue weighted by atomic mass is 9.97. The smallest absolute Gasteiger partial charge is 0.339 e. The summed E-state index contributed by atoms with van der Waals surface area (Å²) in [5.74, 6) is -0.202. The number of hydrogen-bond acceptors (Lipinski definition) is 5. The van der Waals surface area contributed by atoms with Crippen LogP contribution in [0.2, 0.25) is 0 Å². The van der Waals surface area contributed by atoms with Gasteiger partial charge in [-0.05, 0) is 61.9 Å². The zero-order valence-corrected chi connectivity index (χ0v) is 20.1. The van der Waals surface area contributed by atoms with Gasteiger partial charge in [-0.2, -0.15) is 0 Å². The third-order valence-corrected chi connectivity index (χ3v) is 5.96. The summed E-state index contributed by atoms with van der Waals surface area (Å²) in [6, 6.07) is 20.3. The molecule has 0 spiro atoms. The molecule has 3 aromatic carbocycles. The van der Waals surface area contributed by atoms with Crippen LogP contribution < -0.4 is 4.74 Å². The molecule has 166 valence electrons. The monoisotopic (exact) mass is 503 g/mol. The molecule has 0 radical (unpaired) electrons. The van der Waals surface area contributed by atoms with E-state index in [0.29, 0.717) is 39.0 Å². The Hall–Kier alpha value is -3.51. The predicted molar refractivity (Wildman–Crippen MR) is 132 cm³/mol. The van der Waals surface area contributed by atoms with Crippen molar-refractivity contribution in [1.82, 2.24) is 4.98 Å². The van der Waals surface area contributed by atoms with Gasteiger partial charge in [0.05, 0.1) is 23.9 Å². The van der Waals surface area contributed by atoms with Crippen molar-refractivity contribution >= 4 is 38.6 Å². The summed E-state index contributed by atoms with van der Waals surface area (Å²) >= 11 is 3.47. The van der Waals surface area contributed by atoms with Gasteiger partial charge in [-0.1, -0.05) is 45.8 Å². The highest BCUT2D eigenvalue weighted by atomic mass is 79.9. The maximum atomic E-state index is 13.2. The van der Waals surface area contributed by atoms with Gasteiger partial charge in [-0.15, -0.1) is 0 Å². The quantitative estimate of drug-likeness (QED) is 0.227. The van der Waals surface area contributed by atoms with Crippen molar-refractivity contribution in [3.05, 3.63) is 93.5 Å². The summed E-state index contributed by atoms with van der Waals surface area (Å²) in [7, 11) is 1.56. The van der Waals surface area contributed by atoms with E-state index in [4.69, 9.17) is 14.5 Å². The average Bonchev–Trinajstić information content (AvgIpc) is 2.82. The molecule has 0 unspecified atom stereocenters. The van der Waals surface area contributed by atoms with Crippen LogP contribution in [0.1, 0.15) is 31.8 Å². The number of nitrogens with zero attached hydrogens (tertiary/aromatic N) is 1. The molecule has 0 saturated carbocycles. The first kappa shape index (κ1) is 22.7. The Kier molecular flexibility index (Phi) is 6.56. The summed E-state index contributed by atoms with van der Waals surface area (Å²) in [6.45, 7) is 3.51. The number of benzene rings is 3. The normalized spacial score (nSPS) is 10.8. The molecule has 0 fully saturated rings. The number of carbonyl (C=O) groups excluding carboxylic acids is 2. The number of esters is 1. The zero-order chi connectivity index (χ0) is 23.5. The topological polar surface area (TPSA) is 65.5 Å². The maximum Gasteiger partial charge on any atom is 0.339 e. The molecule has 0 N–H and O–H groups in total. The van der Waals surface area contributed by atoms with E-state index >= 15 is 0 Å². The van der Waals surface area contributed by atoms with Crippen LogP contribution in [0.25, 0.3) is 22.2 Å². The lowest BCUT2D eigenvalue weighted by molar-refractivity contribution is 0.0476. The number of rotatable bonds is 6. The van der Waals surface area contributed by atoms with Crippen molar-refractivity contribution in [2.75, 3.05) is 13.7 Å². The fourth-order valence-corrected chi connectivity index (χ4v) is 4.01. The maximum absolute atomic E-state index is 13.2. The van der Waals surface area contributed by atoms with E-state index in [1.165, 1.54) is 0 Å². The van der Waals surface area contributed by atoms with Gasteiger partial charge in [0.2, 0.25) is 0 Å². The van der Waals surface area contributed by atoms with Crippen LogP contribution in [0.3, 0.4) is 0 Å².